The van der Waals surface area contributed by atoms with E-state index in [0.29, 0.717) is 6.54 Å². The van der Waals surface area contributed by atoms with Gasteiger partial charge in [0.1, 0.15) is 0 Å². The number of carbonyl (C=O) groups excluding carboxylic acids is 1. The molecular formula is C13H18N4O. The quantitative estimate of drug-likeness (QED) is 0.801. The molecule has 0 aliphatic carbocycles. The van der Waals surface area contributed by atoms with Gasteiger partial charge >= 0.3 is 0 Å². The van der Waals surface area contributed by atoms with Crippen LogP contribution in [0.5, 0.6) is 0 Å². The largest absolute Gasteiger partial charge is 0.355 e. The van der Waals surface area contributed by atoms with Crippen LogP contribution < -0.4 is 5.32 Å². The maximum absolute atomic E-state index is 11.9. The van der Waals surface area contributed by atoms with Crippen LogP contribution in [0.15, 0.2) is 6.07 Å². The second-order valence-electron chi connectivity index (χ2n) is 4.22. The Morgan fingerprint density at radius 2 is 2.06 bits per heavy atom. The van der Waals surface area contributed by atoms with Crippen LogP contribution in [-0.2, 0) is 4.79 Å². The number of rotatable bonds is 5. The molecule has 1 N–H and O–H groups in total. The van der Waals surface area contributed by atoms with Crippen LogP contribution in [-0.4, -0.2) is 22.4 Å². The smallest absolute Gasteiger partial charge is 0.245 e. The number of hydrogen-bond acceptors (Lipinski definition) is 4. The van der Waals surface area contributed by atoms with Gasteiger partial charge in [-0.25, -0.2) is 9.97 Å². The molecular weight excluding hydrogens is 228 g/mol. The third kappa shape index (κ3) is 3.81. The lowest BCUT2D eigenvalue weighted by atomic mass is 10.1. The Morgan fingerprint density at radius 1 is 1.44 bits per heavy atom. The molecule has 1 atom stereocenters. The molecule has 0 aliphatic rings. The van der Waals surface area contributed by atoms with E-state index in [2.05, 4.69) is 15.3 Å². The van der Waals surface area contributed by atoms with Crippen LogP contribution in [0.2, 0.25) is 0 Å². The summed E-state index contributed by atoms with van der Waals surface area (Å²) in [6.07, 6.45) is 1.90. The summed E-state index contributed by atoms with van der Waals surface area (Å²) in [5.74, 6) is -0.972. The predicted molar refractivity (Wildman–Crippen MR) is 67.8 cm³/mol. The van der Waals surface area contributed by atoms with Gasteiger partial charge in [0, 0.05) is 17.9 Å². The first-order valence-electron chi connectivity index (χ1n) is 6.08. The van der Waals surface area contributed by atoms with Gasteiger partial charge in [-0.3, -0.25) is 4.79 Å². The van der Waals surface area contributed by atoms with Gasteiger partial charge < -0.3 is 5.32 Å². The first-order chi connectivity index (χ1) is 8.58. The molecule has 0 spiro atoms. The van der Waals surface area contributed by atoms with Crippen molar-refractivity contribution in [1.29, 1.82) is 5.26 Å². The molecule has 18 heavy (non-hydrogen) atoms. The number of hydrogen-bond donors (Lipinski definition) is 1. The first-order valence-corrected chi connectivity index (χ1v) is 6.08. The highest BCUT2D eigenvalue weighted by Crippen LogP contribution is 2.12. The molecule has 0 aromatic carbocycles. The summed E-state index contributed by atoms with van der Waals surface area (Å²) in [6, 6.07) is 3.77. The van der Waals surface area contributed by atoms with E-state index < -0.39 is 5.92 Å². The summed E-state index contributed by atoms with van der Waals surface area (Å²) in [5, 5.41) is 11.8. The minimum atomic E-state index is -0.930. The van der Waals surface area contributed by atoms with Crippen molar-refractivity contribution in [3.05, 3.63) is 23.3 Å². The highest BCUT2D eigenvalue weighted by atomic mass is 16.1. The summed E-state index contributed by atoms with van der Waals surface area (Å²) < 4.78 is 0. The number of carbonyl (C=O) groups is 1. The highest BCUT2D eigenvalue weighted by Gasteiger charge is 2.23. The Labute approximate surface area is 107 Å². The second-order valence-corrected chi connectivity index (χ2v) is 4.22. The molecule has 0 radical (unpaired) electrons. The molecule has 96 valence electrons. The molecule has 1 heterocycles. The van der Waals surface area contributed by atoms with Crippen molar-refractivity contribution in [2.45, 2.75) is 39.5 Å². The standard InChI is InChI=1S/C13H18N4O/c1-4-5-6-15-13(18)11(8-14)12-16-9(2)7-10(3)17-12/h7,11H,4-6H2,1-3H3,(H,15,18)/t11-/m0/s1. The van der Waals surface area contributed by atoms with E-state index in [4.69, 9.17) is 5.26 Å². The van der Waals surface area contributed by atoms with Crippen molar-refractivity contribution in [3.8, 4) is 6.07 Å². The summed E-state index contributed by atoms with van der Waals surface area (Å²) >= 11 is 0. The zero-order chi connectivity index (χ0) is 13.5. The Bertz CT molecular complexity index is 444. The molecule has 1 aromatic rings. The molecule has 1 aromatic heterocycles. The second kappa shape index (κ2) is 6.70. The van der Waals surface area contributed by atoms with Crippen LogP contribution in [0.1, 0.15) is 42.9 Å². The number of nitriles is 1. The van der Waals surface area contributed by atoms with Gasteiger partial charge in [0.15, 0.2) is 11.7 Å². The molecule has 0 fully saturated rings. The average molecular weight is 246 g/mol. The van der Waals surface area contributed by atoms with Crippen molar-refractivity contribution in [2.24, 2.45) is 0 Å². The summed E-state index contributed by atoms with van der Waals surface area (Å²) in [7, 11) is 0. The topological polar surface area (TPSA) is 78.7 Å². The van der Waals surface area contributed by atoms with E-state index in [1.165, 1.54) is 0 Å². The average Bonchev–Trinajstić information content (AvgIpc) is 2.29. The van der Waals surface area contributed by atoms with E-state index in [9.17, 15) is 4.79 Å². The zero-order valence-electron chi connectivity index (χ0n) is 11.0. The van der Waals surface area contributed by atoms with Crippen LogP contribution in [0.4, 0.5) is 0 Å². The number of nitrogens with zero attached hydrogens (tertiary/aromatic N) is 3. The molecule has 0 unspecified atom stereocenters. The normalized spacial score (nSPS) is 11.7. The number of nitrogens with one attached hydrogen (secondary N) is 1. The molecule has 0 aliphatic heterocycles. The van der Waals surface area contributed by atoms with E-state index in [1.807, 2.05) is 32.9 Å². The van der Waals surface area contributed by atoms with Crippen molar-refractivity contribution in [1.82, 2.24) is 15.3 Å². The van der Waals surface area contributed by atoms with Gasteiger partial charge in [-0.05, 0) is 26.3 Å². The van der Waals surface area contributed by atoms with Gasteiger partial charge in [-0.1, -0.05) is 13.3 Å². The fourth-order valence-electron chi connectivity index (χ4n) is 1.61. The van der Waals surface area contributed by atoms with Crippen molar-refractivity contribution >= 4 is 5.91 Å². The highest BCUT2D eigenvalue weighted by molar-refractivity contribution is 5.85. The predicted octanol–water partition coefficient (Wildman–Crippen LogP) is 1.62. The lowest BCUT2D eigenvalue weighted by Gasteiger charge is -2.10. The third-order valence-electron chi connectivity index (χ3n) is 2.48. The fraction of sp³-hybridized carbons (Fsp3) is 0.538. The van der Waals surface area contributed by atoms with E-state index in [0.717, 1.165) is 24.2 Å². The minimum absolute atomic E-state index is 0.281. The third-order valence-corrected chi connectivity index (χ3v) is 2.48. The summed E-state index contributed by atoms with van der Waals surface area (Å²) in [4.78, 5) is 20.2. The van der Waals surface area contributed by atoms with Crippen molar-refractivity contribution < 1.29 is 4.79 Å². The number of amides is 1. The molecule has 1 amide bonds. The maximum atomic E-state index is 11.9. The van der Waals surface area contributed by atoms with Crippen LogP contribution in [0, 0.1) is 25.2 Å². The molecule has 5 nitrogen and oxygen atoms in total. The van der Waals surface area contributed by atoms with Gasteiger partial charge in [0.25, 0.3) is 0 Å². The van der Waals surface area contributed by atoms with Gasteiger partial charge in [0.05, 0.1) is 6.07 Å². The van der Waals surface area contributed by atoms with Crippen LogP contribution >= 0.6 is 0 Å². The molecule has 5 heteroatoms. The summed E-state index contributed by atoms with van der Waals surface area (Å²) in [6.45, 7) is 6.27. The lowest BCUT2D eigenvalue weighted by Crippen LogP contribution is -2.30. The Kier molecular flexibility index (Phi) is 5.25. The molecule has 0 saturated heterocycles. The number of unbranched alkanes of at least 4 members (excludes halogenated alkanes) is 1. The van der Waals surface area contributed by atoms with Crippen LogP contribution in [0.25, 0.3) is 0 Å². The minimum Gasteiger partial charge on any atom is -0.355 e. The van der Waals surface area contributed by atoms with Gasteiger partial charge in [-0.2, -0.15) is 5.26 Å². The zero-order valence-corrected chi connectivity index (χ0v) is 11.0. The number of aromatic nitrogens is 2. The van der Waals surface area contributed by atoms with Crippen molar-refractivity contribution in [2.75, 3.05) is 6.54 Å². The van der Waals surface area contributed by atoms with E-state index in [1.54, 1.807) is 0 Å². The molecule has 0 bridgehead atoms. The molecule has 0 saturated carbocycles. The Morgan fingerprint density at radius 3 is 2.56 bits per heavy atom. The fourth-order valence-corrected chi connectivity index (χ4v) is 1.61. The van der Waals surface area contributed by atoms with Gasteiger partial charge in [0.2, 0.25) is 5.91 Å². The Balaban J connectivity index is 2.83. The first kappa shape index (κ1) is 14.1. The van der Waals surface area contributed by atoms with Crippen molar-refractivity contribution in [3.63, 3.8) is 0 Å². The monoisotopic (exact) mass is 246 g/mol. The maximum Gasteiger partial charge on any atom is 0.245 e. The lowest BCUT2D eigenvalue weighted by molar-refractivity contribution is -0.121. The summed E-state index contributed by atoms with van der Waals surface area (Å²) in [5.41, 5.74) is 1.53. The van der Waals surface area contributed by atoms with E-state index >= 15 is 0 Å². The number of aryl methyl sites for hydroxylation is 2. The Hall–Kier alpha value is -1.96. The molecule has 1 rings (SSSR count). The van der Waals surface area contributed by atoms with Crippen LogP contribution in [0.3, 0.4) is 0 Å². The van der Waals surface area contributed by atoms with Gasteiger partial charge in [-0.15, -0.1) is 0 Å². The SMILES string of the molecule is CCCCNC(=O)[C@@H](C#N)c1nc(C)cc(C)n1. The van der Waals surface area contributed by atoms with E-state index in [-0.39, 0.29) is 11.7 Å².